The zero-order chi connectivity index (χ0) is 23.5. The van der Waals surface area contributed by atoms with Crippen LogP contribution in [0.15, 0.2) is 97.3 Å². The van der Waals surface area contributed by atoms with Crippen molar-refractivity contribution in [2.45, 2.75) is 0 Å². The molecule has 2 aromatic heterocycles. The highest BCUT2D eigenvalue weighted by Crippen LogP contribution is 2.25. The maximum Gasteiger partial charge on any atom is 0.272 e. The Labute approximate surface area is 212 Å². The summed E-state index contributed by atoms with van der Waals surface area (Å²) in [5.74, 6) is -0.598. The first-order valence-electron chi connectivity index (χ1n) is 10.6. The van der Waals surface area contributed by atoms with Gasteiger partial charge in [0.25, 0.3) is 11.8 Å². The normalized spacial score (nSPS) is 10.4. The number of hydrogen-bond donors (Lipinski definition) is 3. The molecule has 2 amide bonds. The molecule has 8 heteroatoms. The third-order valence-electron chi connectivity index (χ3n) is 5.41. The minimum Gasteiger partial charge on any atom is -0.351 e. The molecule has 0 aliphatic heterocycles. The lowest BCUT2D eigenvalue weighted by Crippen LogP contribution is -2.17. The van der Waals surface area contributed by atoms with E-state index in [4.69, 9.17) is 11.6 Å². The highest BCUT2D eigenvalue weighted by molar-refractivity contribution is 6.31. The number of halogens is 2. The fourth-order valence-electron chi connectivity index (χ4n) is 3.67. The lowest BCUT2D eigenvalue weighted by atomic mass is 10.0. The van der Waals surface area contributed by atoms with Gasteiger partial charge in [-0.2, -0.15) is 0 Å². The van der Waals surface area contributed by atoms with Crippen molar-refractivity contribution in [3.8, 4) is 11.1 Å². The Balaban J connectivity index is 0.00000289. The van der Waals surface area contributed by atoms with Crippen molar-refractivity contribution in [3.63, 3.8) is 0 Å². The minimum atomic E-state index is -0.323. The Bertz CT molecular complexity index is 1500. The number of hydrogen-bond acceptors (Lipinski definition) is 3. The van der Waals surface area contributed by atoms with E-state index in [1.165, 1.54) is 0 Å². The average Bonchev–Trinajstić information content (AvgIpc) is 3.29. The van der Waals surface area contributed by atoms with Gasteiger partial charge in [-0.3, -0.25) is 14.6 Å². The van der Waals surface area contributed by atoms with Crippen molar-refractivity contribution < 1.29 is 9.59 Å². The monoisotopic (exact) mass is 502 g/mol. The number of pyridine rings is 1. The SMILES string of the molecule is Cl.O=C(Nc1ccccc1NC(=O)c1cc2cc(Cl)ccc2[nH]1)c1ccc(-c2ccncc2)cc1. The Morgan fingerprint density at radius 1 is 0.743 bits per heavy atom. The number of para-hydroxylation sites is 2. The van der Waals surface area contributed by atoms with Gasteiger partial charge in [-0.1, -0.05) is 35.9 Å². The van der Waals surface area contributed by atoms with E-state index in [-0.39, 0.29) is 24.2 Å². The molecule has 2 heterocycles. The number of benzene rings is 3. The van der Waals surface area contributed by atoms with Crippen LogP contribution >= 0.6 is 24.0 Å². The molecule has 0 aliphatic rings. The number of aromatic nitrogens is 2. The van der Waals surface area contributed by atoms with E-state index < -0.39 is 0 Å². The second-order valence-electron chi connectivity index (χ2n) is 7.68. The summed E-state index contributed by atoms with van der Waals surface area (Å²) in [6.45, 7) is 0. The number of nitrogens with one attached hydrogen (secondary N) is 3. The van der Waals surface area contributed by atoms with Gasteiger partial charge in [-0.05, 0) is 71.8 Å². The van der Waals surface area contributed by atoms with Crippen molar-refractivity contribution in [1.82, 2.24) is 9.97 Å². The minimum absolute atomic E-state index is 0. The Hall–Kier alpha value is -4.13. The molecule has 0 aliphatic carbocycles. The molecule has 6 nitrogen and oxygen atoms in total. The molecule has 0 unspecified atom stereocenters. The highest BCUT2D eigenvalue weighted by Gasteiger charge is 2.14. The molecule has 0 fully saturated rings. The van der Waals surface area contributed by atoms with Crippen LogP contribution in [-0.4, -0.2) is 21.8 Å². The van der Waals surface area contributed by atoms with Crippen molar-refractivity contribution >= 4 is 58.1 Å². The van der Waals surface area contributed by atoms with Crippen LogP contribution in [-0.2, 0) is 0 Å². The van der Waals surface area contributed by atoms with Gasteiger partial charge in [0, 0.05) is 33.9 Å². The topological polar surface area (TPSA) is 86.9 Å². The van der Waals surface area contributed by atoms with Crippen molar-refractivity contribution in [3.05, 3.63) is 114 Å². The van der Waals surface area contributed by atoms with E-state index in [0.29, 0.717) is 27.7 Å². The molecule has 35 heavy (non-hydrogen) atoms. The second-order valence-corrected chi connectivity index (χ2v) is 8.12. The molecule has 0 saturated heterocycles. The molecule has 0 saturated carbocycles. The molecule has 0 spiro atoms. The second kappa shape index (κ2) is 10.4. The van der Waals surface area contributed by atoms with Crippen LogP contribution in [0, 0.1) is 0 Å². The predicted octanol–water partition coefficient (Wildman–Crippen LogP) is 6.81. The summed E-state index contributed by atoms with van der Waals surface area (Å²) in [4.78, 5) is 32.8. The van der Waals surface area contributed by atoms with Crippen LogP contribution in [0.2, 0.25) is 5.02 Å². The lowest BCUT2D eigenvalue weighted by Gasteiger charge is -2.12. The van der Waals surface area contributed by atoms with Crippen molar-refractivity contribution in [2.75, 3.05) is 10.6 Å². The fourth-order valence-corrected chi connectivity index (χ4v) is 3.85. The molecule has 0 bridgehead atoms. The van der Waals surface area contributed by atoms with E-state index in [0.717, 1.165) is 22.0 Å². The predicted molar refractivity (Wildman–Crippen MR) is 143 cm³/mol. The zero-order valence-corrected chi connectivity index (χ0v) is 19.9. The summed E-state index contributed by atoms with van der Waals surface area (Å²) < 4.78 is 0. The first kappa shape index (κ1) is 24.0. The number of anilines is 2. The number of aromatic amines is 1. The van der Waals surface area contributed by atoms with Crippen LogP contribution in [0.4, 0.5) is 11.4 Å². The number of amides is 2. The summed E-state index contributed by atoms with van der Waals surface area (Å²) in [6.07, 6.45) is 3.46. The van der Waals surface area contributed by atoms with E-state index in [2.05, 4.69) is 20.6 Å². The van der Waals surface area contributed by atoms with Crippen LogP contribution in [0.3, 0.4) is 0 Å². The summed E-state index contributed by atoms with van der Waals surface area (Å²) >= 11 is 6.04. The van der Waals surface area contributed by atoms with Crippen molar-refractivity contribution in [1.29, 1.82) is 0 Å². The molecule has 3 N–H and O–H groups in total. The molecule has 5 aromatic rings. The number of carbonyl (C=O) groups is 2. The lowest BCUT2D eigenvalue weighted by molar-refractivity contribution is 0.101. The number of carbonyl (C=O) groups excluding carboxylic acids is 2. The average molecular weight is 503 g/mol. The van der Waals surface area contributed by atoms with Gasteiger partial charge in [-0.15, -0.1) is 12.4 Å². The van der Waals surface area contributed by atoms with Gasteiger partial charge < -0.3 is 15.6 Å². The van der Waals surface area contributed by atoms with Crippen molar-refractivity contribution in [2.24, 2.45) is 0 Å². The number of fused-ring (bicyclic) bond motifs is 1. The maximum absolute atomic E-state index is 12.9. The van der Waals surface area contributed by atoms with E-state index in [1.54, 1.807) is 67.0 Å². The third kappa shape index (κ3) is 5.35. The fraction of sp³-hybridized carbons (Fsp3) is 0. The van der Waals surface area contributed by atoms with Gasteiger partial charge in [0.1, 0.15) is 5.69 Å². The molecule has 3 aromatic carbocycles. The van der Waals surface area contributed by atoms with Crippen LogP contribution in [0.25, 0.3) is 22.0 Å². The van der Waals surface area contributed by atoms with Crippen LogP contribution in [0.1, 0.15) is 20.8 Å². The van der Waals surface area contributed by atoms with Gasteiger partial charge in [0.15, 0.2) is 0 Å². The first-order valence-corrected chi connectivity index (χ1v) is 10.9. The summed E-state index contributed by atoms with van der Waals surface area (Å²) in [6, 6.07) is 25.3. The Morgan fingerprint density at radius 3 is 2.06 bits per heavy atom. The summed E-state index contributed by atoms with van der Waals surface area (Å²) in [5.41, 5.74) is 4.72. The number of nitrogens with zero attached hydrogens (tertiary/aromatic N) is 1. The Morgan fingerprint density at radius 2 is 1.37 bits per heavy atom. The Kier molecular flexibility index (Phi) is 7.15. The van der Waals surface area contributed by atoms with Gasteiger partial charge >= 0.3 is 0 Å². The molecule has 0 radical (unpaired) electrons. The highest BCUT2D eigenvalue weighted by atomic mass is 35.5. The standard InChI is InChI=1S/C27H19ClN4O2.ClH/c28-21-9-10-22-20(15-21)16-25(30-22)27(34)32-24-4-2-1-3-23(24)31-26(33)19-7-5-17(6-8-19)18-11-13-29-14-12-18;/h1-16,30H,(H,31,33)(H,32,34);1H. The quantitative estimate of drug-likeness (QED) is 0.246. The first-order chi connectivity index (χ1) is 16.6. The smallest absolute Gasteiger partial charge is 0.272 e. The summed E-state index contributed by atoms with van der Waals surface area (Å²) in [5, 5.41) is 7.19. The van der Waals surface area contributed by atoms with Gasteiger partial charge in [0.2, 0.25) is 0 Å². The summed E-state index contributed by atoms with van der Waals surface area (Å²) in [7, 11) is 0. The molecule has 5 rings (SSSR count). The number of H-pyrrole nitrogens is 1. The molecular formula is C27H20Cl2N4O2. The van der Waals surface area contributed by atoms with Crippen LogP contribution < -0.4 is 10.6 Å². The van der Waals surface area contributed by atoms with E-state index >= 15 is 0 Å². The molecular weight excluding hydrogens is 483 g/mol. The van der Waals surface area contributed by atoms with Crippen LogP contribution in [0.5, 0.6) is 0 Å². The van der Waals surface area contributed by atoms with E-state index in [1.807, 2.05) is 30.3 Å². The maximum atomic E-state index is 12.9. The zero-order valence-electron chi connectivity index (χ0n) is 18.3. The third-order valence-corrected chi connectivity index (χ3v) is 5.65. The van der Waals surface area contributed by atoms with E-state index in [9.17, 15) is 9.59 Å². The van der Waals surface area contributed by atoms with Gasteiger partial charge in [-0.25, -0.2) is 0 Å². The number of rotatable bonds is 5. The molecule has 174 valence electrons. The molecule has 0 atom stereocenters. The largest absolute Gasteiger partial charge is 0.351 e. The van der Waals surface area contributed by atoms with Gasteiger partial charge in [0.05, 0.1) is 11.4 Å².